The zero-order chi connectivity index (χ0) is 15.9. The monoisotopic (exact) mass is 303 g/mol. The Kier molecular flexibility index (Phi) is 4.32. The second-order valence-corrected chi connectivity index (χ2v) is 7.94. The van der Waals surface area contributed by atoms with Crippen molar-refractivity contribution in [3.8, 4) is 0 Å². The molecule has 0 spiro atoms. The van der Waals surface area contributed by atoms with Gasteiger partial charge in [-0.1, -0.05) is 29.8 Å². The number of benzene rings is 1. The highest BCUT2D eigenvalue weighted by Gasteiger charge is 2.46. The zero-order valence-corrected chi connectivity index (χ0v) is 14.2. The van der Waals surface area contributed by atoms with E-state index in [-0.39, 0.29) is 17.6 Å². The second kappa shape index (κ2) is 5.95. The van der Waals surface area contributed by atoms with Crippen molar-refractivity contribution in [2.45, 2.75) is 70.3 Å². The first kappa shape index (κ1) is 16.0. The topological polar surface area (TPSA) is 32.7 Å². The van der Waals surface area contributed by atoms with E-state index >= 15 is 0 Å². The van der Waals surface area contributed by atoms with E-state index in [2.05, 4.69) is 56.9 Å². The molecule has 22 heavy (non-hydrogen) atoms. The Morgan fingerprint density at radius 1 is 1.18 bits per heavy atom. The van der Waals surface area contributed by atoms with Crippen molar-refractivity contribution in [3.63, 3.8) is 0 Å². The molecule has 122 valence electrons. The molecule has 1 aliphatic carbocycles. The van der Waals surface area contributed by atoms with Crippen LogP contribution in [0, 0.1) is 6.92 Å². The molecular weight excluding hydrogens is 274 g/mol. The van der Waals surface area contributed by atoms with Crippen LogP contribution in [0.3, 0.4) is 0 Å². The number of aliphatic hydroxyl groups excluding tert-OH is 1. The zero-order valence-electron chi connectivity index (χ0n) is 14.2. The first-order valence-corrected chi connectivity index (χ1v) is 8.50. The van der Waals surface area contributed by atoms with Crippen molar-refractivity contribution in [2.75, 3.05) is 13.1 Å². The predicted octanol–water partition coefficient (Wildman–Crippen LogP) is 3.10. The number of nitrogens with zero attached hydrogens (tertiary/aromatic N) is 1. The van der Waals surface area contributed by atoms with E-state index in [1.54, 1.807) is 0 Å². The number of aliphatic hydroxyl groups is 1. The van der Waals surface area contributed by atoms with Crippen LogP contribution in [0.1, 0.15) is 50.7 Å². The molecule has 2 aliphatic rings. The van der Waals surface area contributed by atoms with E-state index in [1.807, 2.05) is 0 Å². The van der Waals surface area contributed by atoms with Gasteiger partial charge in [0.1, 0.15) is 0 Å². The lowest BCUT2D eigenvalue weighted by molar-refractivity contribution is -0.0340. The fourth-order valence-corrected chi connectivity index (χ4v) is 3.58. The van der Waals surface area contributed by atoms with Crippen LogP contribution in [0.25, 0.3) is 0 Å². The van der Waals surface area contributed by atoms with Crippen molar-refractivity contribution >= 4 is 0 Å². The number of hydrogen-bond donors (Lipinski definition) is 1. The van der Waals surface area contributed by atoms with Crippen molar-refractivity contribution < 1.29 is 9.84 Å². The molecule has 1 aromatic rings. The quantitative estimate of drug-likeness (QED) is 0.931. The summed E-state index contributed by atoms with van der Waals surface area (Å²) in [7, 11) is 0. The summed E-state index contributed by atoms with van der Waals surface area (Å²) < 4.78 is 6.05. The van der Waals surface area contributed by atoms with Crippen molar-refractivity contribution in [2.24, 2.45) is 0 Å². The Morgan fingerprint density at radius 3 is 2.45 bits per heavy atom. The van der Waals surface area contributed by atoms with Gasteiger partial charge in [0.15, 0.2) is 0 Å². The normalized spacial score (nSPS) is 33.0. The van der Waals surface area contributed by atoms with E-state index in [4.69, 9.17) is 4.74 Å². The molecule has 0 bridgehead atoms. The first-order valence-electron chi connectivity index (χ1n) is 8.50. The lowest BCUT2D eigenvalue weighted by Crippen LogP contribution is -2.45. The summed E-state index contributed by atoms with van der Waals surface area (Å²) in [5.41, 5.74) is 2.48. The minimum Gasteiger partial charge on any atom is -0.391 e. The smallest absolute Gasteiger partial charge is 0.0754 e. The van der Waals surface area contributed by atoms with Crippen LogP contribution in [0.5, 0.6) is 0 Å². The highest BCUT2D eigenvalue weighted by molar-refractivity contribution is 5.26. The average Bonchev–Trinajstić information content (AvgIpc) is 3.17. The molecule has 1 heterocycles. The van der Waals surface area contributed by atoms with Gasteiger partial charge in [-0.05, 0) is 52.6 Å². The SMILES string of the molecule is Cc1ccc(C2CCN(C3CC3OC(C)(C)C)C[C@H]2O)cc1. The van der Waals surface area contributed by atoms with Gasteiger partial charge >= 0.3 is 0 Å². The van der Waals surface area contributed by atoms with Gasteiger partial charge in [-0.2, -0.15) is 0 Å². The average molecular weight is 303 g/mol. The van der Waals surface area contributed by atoms with Gasteiger partial charge in [0.2, 0.25) is 0 Å². The number of piperidine rings is 1. The van der Waals surface area contributed by atoms with Crippen molar-refractivity contribution in [1.29, 1.82) is 0 Å². The van der Waals surface area contributed by atoms with Crippen LogP contribution in [0.4, 0.5) is 0 Å². The van der Waals surface area contributed by atoms with Gasteiger partial charge < -0.3 is 9.84 Å². The number of β-amino-alcohol motifs (C(OH)–C–C–N with tert-alkyl or cyclic N) is 1. The number of aryl methyl sites for hydroxylation is 1. The van der Waals surface area contributed by atoms with Gasteiger partial charge in [0.05, 0.1) is 17.8 Å². The predicted molar refractivity (Wildman–Crippen MR) is 89.1 cm³/mol. The summed E-state index contributed by atoms with van der Waals surface area (Å²) in [4.78, 5) is 2.42. The summed E-state index contributed by atoms with van der Waals surface area (Å²) in [6.07, 6.45) is 2.22. The fourth-order valence-electron chi connectivity index (χ4n) is 3.58. The molecule has 3 nitrogen and oxygen atoms in total. The van der Waals surface area contributed by atoms with Crippen LogP contribution < -0.4 is 0 Å². The van der Waals surface area contributed by atoms with Gasteiger partial charge in [-0.15, -0.1) is 0 Å². The minimum atomic E-state index is -0.271. The van der Waals surface area contributed by atoms with Gasteiger partial charge in [0, 0.05) is 18.5 Å². The Bertz CT molecular complexity index is 505. The third kappa shape index (κ3) is 3.70. The molecule has 3 heteroatoms. The molecule has 0 aromatic heterocycles. The Morgan fingerprint density at radius 2 is 1.86 bits per heavy atom. The summed E-state index contributed by atoms with van der Waals surface area (Å²) in [6.45, 7) is 10.3. The van der Waals surface area contributed by atoms with Crippen molar-refractivity contribution in [1.82, 2.24) is 4.90 Å². The molecule has 4 atom stereocenters. The van der Waals surface area contributed by atoms with Crippen LogP contribution >= 0.6 is 0 Å². The number of rotatable bonds is 3. The molecular formula is C19H29NO2. The van der Waals surface area contributed by atoms with Gasteiger partial charge in [-0.25, -0.2) is 0 Å². The molecule has 0 radical (unpaired) electrons. The van der Waals surface area contributed by atoms with Crippen molar-refractivity contribution in [3.05, 3.63) is 35.4 Å². The molecule has 0 amide bonds. The lowest BCUT2D eigenvalue weighted by atomic mass is 9.86. The lowest BCUT2D eigenvalue weighted by Gasteiger charge is -2.36. The molecule has 1 aliphatic heterocycles. The molecule has 1 saturated heterocycles. The van der Waals surface area contributed by atoms with Gasteiger partial charge in [-0.3, -0.25) is 4.90 Å². The molecule has 1 saturated carbocycles. The largest absolute Gasteiger partial charge is 0.391 e. The van der Waals surface area contributed by atoms with E-state index in [9.17, 15) is 5.11 Å². The Labute approximate surface area is 134 Å². The van der Waals surface area contributed by atoms with E-state index in [1.165, 1.54) is 11.1 Å². The standard InChI is InChI=1S/C19H29NO2/c1-13-5-7-14(8-6-13)15-9-10-20(12-17(15)21)16-11-18(16)22-19(2,3)4/h5-8,15-18,21H,9-12H2,1-4H3/t15?,16?,17-,18?/m1/s1. The van der Waals surface area contributed by atoms with E-state index < -0.39 is 0 Å². The van der Waals surface area contributed by atoms with Crippen LogP contribution in [0.2, 0.25) is 0 Å². The summed E-state index contributed by atoms with van der Waals surface area (Å²) in [6, 6.07) is 9.13. The maximum Gasteiger partial charge on any atom is 0.0754 e. The molecule has 2 fully saturated rings. The third-order valence-corrected chi connectivity index (χ3v) is 4.79. The maximum atomic E-state index is 10.6. The molecule has 3 unspecified atom stereocenters. The number of hydrogen-bond acceptors (Lipinski definition) is 3. The summed E-state index contributed by atoms with van der Waals surface area (Å²) >= 11 is 0. The van der Waals surface area contributed by atoms with E-state index in [0.29, 0.717) is 12.1 Å². The van der Waals surface area contributed by atoms with Crippen LogP contribution in [-0.2, 0) is 4.74 Å². The highest BCUT2D eigenvalue weighted by atomic mass is 16.5. The molecule has 3 rings (SSSR count). The summed E-state index contributed by atoms with van der Waals surface area (Å²) in [5.74, 6) is 0.276. The minimum absolute atomic E-state index is 0.0712. The number of likely N-dealkylation sites (tertiary alicyclic amines) is 1. The van der Waals surface area contributed by atoms with E-state index in [0.717, 1.165) is 25.9 Å². The first-order chi connectivity index (χ1) is 10.3. The molecule has 1 N–H and O–H groups in total. The number of ether oxygens (including phenoxy) is 1. The molecule has 1 aromatic carbocycles. The van der Waals surface area contributed by atoms with Crippen LogP contribution in [-0.4, -0.2) is 46.9 Å². The van der Waals surface area contributed by atoms with Gasteiger partial charge in [0.25, 0.3) is 0 Å². The summed E-state index contributed by atoms with van der Waals surface area (Å²) in [5, 5.41) is 10.6. The maximum absolute atomic E-state index is 10.6. The second-order valence-electron chi connectivity index (χ2n) is 7.94. The van der Waals surface area contributed by atoms with Crippen LogP contribution in [0.15, 0.2) is 24.3 Å². The highest BCUT2D eigenvalue weighted by Crippen LogP contribution is 2.38. The Balaban J connectivity index is 1.56. The Hall–Kier alpha value is -0.900. The third-order valence-electron chi connectivity index (χ3n) is 4.79. The fraction of sp³-hybridized carbons (Fsp3) is 0.684.